The molecule has 2 rings (SSSR count). The second-order valence-corrected chi connectivity index (χ2v) is 4.07. The van der Waals surface area contributed by atoms with Crippen LogP contribution in [0.4, 0.5) is 0 Å². The van der Waals surface area contributed by atoms with Crippen molar-refractivity contribution in [2.45, 2.75) is 31.3 Å². The molecule has 80 valence electrons. The largest absolute Gasteiger partial charge is 0.374 e. The second-order valence-electron chi connectivity index (χ2n) is 4.07. The first kappa shape index (κ1) is 10.4. The Morgan fingerprint density at radius 3 is 2.67 bits per heavy atom. The Balaban J connectivity index is 2.09. The number of methoxy groups -OCH3 is 1. The van der Waals surface area contributed by atoms with Crippen LogP contribution >= 0.6 is 0 Å². The van der Waals surface area contributed by atoms with Crippen LogP contribution < -0.4 is 0 Å². The average Bonchev–Trinajstić information content (AvgIpc) is 2.31. The van der Waals surface area contributed by atoms with Gasteiger partial charge in [-0.25, -0.2) is 0 Å². The first-order valence-corrected chi connectivity index (χ1v) is 5.41. The summed E-state index contributed by atoms with van der Waals surface area (Å²) < 4.78 is 5.21. The van der Waals surface area contributed by atoms with E-state index >= 15 is 0 Å². The number of ketones is 1. The summed E-state index contributed by atoms with van der Waals surface area (Å²) in [4.78, 5) is 11.5. The lowest BCUT2D eigenvalue weighted by molar-refractivity contribution is -0.131. The van der Waals surface area contributed by atoms with E-state index in [0.717, 1.165) is 12.8 Å². The van der Waals surface area contributed by atoms with Crippen molar-refractivity contribution in [2.75, 3.05) is 7.11 Å². The lowest BCUT2D eigenvalue weighted by Crippen LogP contribution is -2.30. The Morgan fingerprint density at radius 1 is 1.27 bits per heavy atom. The minimum Gasteiger partial charge on any atom is -0.374 e. The molecule has 2 heteroatoms. The van der Waals surface area contributed by atoms with E-state index in [4.69, 9.17) is 4.74 Å². The third kappa shape index (κ3) is 2.26. The van der Waals surface area contributed by atoms with Crippen LogP contribution in [0.2, 0.25) is 0 Å². The van der Waals surface area contributed by atoms with Gasteiger partial charge in [0.05, 0.1) is 0 Å². The monoisotopic (exact) mass is 204 g/mol. The van der Waals surface area contributed by atoms with E-state index in [1.165, 1.54) is 5.56 Å². The van der Waals surface area contributed by atoms with Crippen molar-refractivity contribution in [2.24, 2.45) is 0 Å². The van der Waals surface area contributed by atoms with E-state index in [9.17, 15) is 4.79 Å². The molecule has 0 spiro atoms. The van der Waals surface area contributed by atoms with Crippen molar-refractivity contribution in [3.05, 3.63) is 35.9 Å². The minimum absolute atomic E-state index is 0.191. The van der Waals surface area contributed by atoms with Crippen LogP contribution in [0.1, 0.15) is 30.7 Å². The SMILES string of the molecule is CO[C@H]1C[C@H](c2ccccc2)CCC1=O. The summed E-state index contributed by atoms with van der Waals surface area (Å²) in [6, 6.07) is 10.4. The van der Waals surface area contributed by atoms with Gasteiger partial charge in [0.15, 0.2) is 5.78 Å². The van der Waals surface area contributed by atoms with Gasteiger partial charge in [0.25, 0.3) is 0 Å². The smallest absolute Gasteiger partial charge is 0.161 e. The zero-order valence-electron chi connectivity index (χ0n) is 8.98. The molecule has 0 aromatic heterocycles. The Bertz CT molecular complexity index is 332. The van der Waals surface area contributed by atoms with Gasteiger partial charge in [-0.3, -0.25) is 4.79 Å². The molecule has 0 unspecified atom stereocenters. The fraction of sp³-hybridized carbons (Fsp3) is 0.462. The van der Waals surface area contributed by atoms with Gasteiger partial charge in [0.2, 0.25) is 0 Å². The highest BCUT2D eigenvalue weighted by atomic mass is 16.5. The highest BCUT2D eigenvalue weighted by Gasteiger charge is 2.29. The van der Waals surface area contributed by atoms with Gasteiger partial charge in [-0.2, -0.15) is 0 Å². The maximum absolute atomic E-state index is 11.5. The molecule has 1 saturated carbocycles. The van der Waals surface area contributed by atoms with E-state index in [1.807, 2.05) is 18.2 Å². The number of Topliss-reactive ketones (excluding diaryl/α,β-unsaturated/α-hetero) is 1. The lowest BCUT2D eigenvalue weighted by Gasteiger charge is -2.27. The molecule has 0 radical (unpaired) electrons. The fourth-order valence-electron chi connectivity index (χ4n) is 2.24. The van der Waals surface area contributed by atoms with Crippen molar-refractivity contribution in [1.82, 2.24) is 0 Å². The topological polar surface area (TPSA) is 26.3 Å². The molecule has 1 aromatic carbocycles. The molecule has 2 atom stereocenters. The van der Waals surface area contributed by atoms with Crippen molar-refractivity contribution in [3.63, 3.8) is 0 Å². The molecule has 0 aliphatic heterocycles. The van der Waals surface area contributed by atoms with Crippen molar-refractivity contribution in [3.8, 4) is 0 Å². The van der Waals surface area contributed by atoms with Crippen LogP contribution in [-0.2, 0) is 9.53 Å². The van der Waals surface area contributed by atoms with Crippen LogP contribution in [0.25, 0.3) is 0 Å². The third-order valence-electron chi connectivity index (χ3n) is 3.15. The number of hydrogen-bond donors (Lipinski definition) is 0. The Labute approximate surface area is 90.3 Å². The van der Waals surface area contributed by atoms with Crippen LogP contribution in [0, 0.1) is 0 Å². The maximum atomic E-state index is 11.5. The summed E-state index contributed by atoms with van der Waals surface area (Å²) in [5.74, 6) is 0.735. The number of benzene rings is 1. The first-order valence-electron chi connectivity index (χ1n) is 5.41. The fourth-order valence-corrected chi connectivity index (χ4v) is 2.24. The Kier molecular flexibility index (Phi) is 3.17. The van der Waals surface area contributed by atoms with Crippen LogP contribution in [0.3, 0.4) is 0 Å². The molecule has 0 heterocycles. The van der Waals surface area contributed by atoms with Crippen molar-refractivity contribution >= 4 is 5.78 Å². The summed E-state index contributed by atoms with van der Waals surface area (Å²) in [6.45, 7) is 0. The van der Waals surface area contributed by atoms with Crippen LogP contribution in [-0.4, -0.2) is 19.0 Å². The second kappa shape index (κ2) is 4.58. The standard InChI is InChI=1S/C13H16O2/c1-15-13-9-11(7-8-12(13)14)10-5-3-2-4-6-10/h2-6,11,13H,7-9H2,1H3/t11-,13+/m1/s1. The molecule has 1 fully saturated rings. The van der Waals surface area contributed by atoms with Crippen molar-refractivity contribution < 1.29 is 9.53 Å². The third-order valence-corrected chi connectivity index (χ3v) is 3.15. The molecular formula is C13H16O2. The lowest BCUT2D eigenvalue weighted by atomic mass is 9.82. The summed E-state index contributed by atoms with van der Waals surface area (Å²) in [5, 5.41) is 0. The van der Waals surface area contributed by atoms with Gasteiger partial charge in [-0.15, -0.1) is 0 Å². The summed E-state index contributed by atoms with van der Waals surface area (Å²) in [5.41, 5.74) is 1.33. The molecule has 1 aliphatic rings. The van der Waals surface area contributed by atoms with Gasteiger partial charge < -0.3 is 4.74 Å². The number of ether oxygens (including phenoxy) is 1. The van der Waals surface area contributed by atoms with Gasteiger partial charge in [0, 0.05) is 13.5 Å². The molecule has 0 amide bonds. The number of hydrogen-bond acceptors (Lipinski definition) is 2. The Hall–Kier alpha value is -1.15. The van der Waals surface area contributed by atoms with E-state index in [2.05, 4.69) is 12.1 Å². The zero-order valence-corrected chi connectivity index (χ0v) is 8.98. The normalized spacial score (nSPS) is 26.6. The van der Waals surface area contributed by atoms with Crippen LogP contribution in [0.5, 0.6) is 0 Å². The van der Waals surface area contributed by atoms with Crippen LogP contribution in [0.15, 0.2) is 30.3 Å². The molecular weight excluding hydrogens is 188 g/mol. The van der Waals surface area contributed by atoms with E-state index in [1.54, 1.807) is 7.11 Å². The molecule has 2 nitrogen and oxygen atoms in total. The van der Waals surface area contributed by atoms with Gasteiger partial charge in [-0.1, -0.05) is 30.3 Å². The molecule has 0 N–H and O–H groups in total. The maximum Gasteiger partial charge on any atom is 0.161 e. The summed E-state index contributed by atoms with van der Waals surface area (Å²) in [7, 11) is 1.62. The van der Waals surface area contributed by atoms with Gasteiger partial charge >= 0.3 is 0 Å². The highest BCUT2D eigenvalue weighted by Crippen LogP contribution is 2.32. The molecule has 1 aromatic rings. The minimum atomic E-state index is -0.191. The van der Waals surface area contributed by atoms with E-state index < -0.39 is 0 Å². The summed E-state index contributed by atoms with van der Waals surface area (Å²) >= 11 is 0. The zero-order chi connectivity index (χ0) is 10.7. The van der Waals surface area contributed by atoms with E-state index in [-0.39, 0.29) is 11.9 Å². The van der Waals surface area contributed by atoms with Gasteiger partial charge in [-0.05, 0) is 24.3 Å². The average molecular weight is 204 g/mol. The highest BCUT2D eigenvalue weighted by molar-refractivity contribution is 5.84. The molecule has 0 saturated heterocycles. The van der Waals surface area contributed by atoms with Crippen molar-refractivity contribution in [1.29, 1.82) is 0 Å². The van der Waals surface area contributed by atoms with Gasteiger partial charge in [0.1, 0.15) is 6.10 Å². The number of carbonyl (C=O) groups is 1. The molecule has 0 bridgehead atoms. The summed E-state index contributed by atoms with van der Waals surface area (Å²) in [6.07, 6.45) is 2.25. The quantitative estimate of drug-likeness (QED) is 0.740. The number of carbonyl (C=O) groups excluding carboxylic acids is 1. The Morgan fingerprint density at radius 2 is 2.00 bits per heavy atom. The predicted octanol–water partition coefficient (Wildman–Crippen LogP) is 2.54. The number of rotatable bonds is 2. The molecule has 1 aliphatic carbocycles. The van der Waals surface area contributed by atoms with E-state index in [0.29, 0.717) is 12.3 Å². The molecule has 15 heavy (non-hydrogen) atoms. The predicted molar refractivity (Wildman–Crippen MR) is 58.8 cm³/mol. The first-order chi connectivity index (χ1) is 7.31.